The molecule has 106 valence electrons. The number of nitrogens with zero attached hydrogens (tertiary/aromatic N) is 1. The summed E-state index contributed by atoms with van der Waals surface area (Å²) in [5.41, 5.74) is -1.01. The van der Waals surface area contributed by atoms with Crippen molar-refractivity contribution in [2.75, 3.05) is 7.11 Å². The smallest absolute Gasteiger partial charge is 0.337 e. The largest absolute Gasteiger partial charge is 0.466 e. The van der Waals surface area contributed by atoms with Gasteiger partial charge in [0, 0.05) is 25.7 Å². The van der Waals surface area contributed by atoms with Gasteiger partial charge in [0.2, 0.25) is 0 Å². The highest BCUT2D eigenvalue weighted by molar-refractivity contribution is 5.97. The second-order valence-corrected chi connectivity index (χ2v) is 5.02. The maximum Gasteiger partial charge on any atom is 0.337 e. The number of methoxy groups -OCH3 is 1. The van der Waals surface area contributed by atoms with Gasteiger partial charge in [-0.1, -0.05) is 0 Å². The Kier molecular flexibility index (Phi) is 3.62. The van der Waals surface area contributed by atoms with Crippen LogP contribution in [0.2, 0.25) is 0 Å². The van der Waals surface area contributed by atoms with E-state index in [4.69, 9.17) is 9.47 Å². The molecule has 2 atom stereocenters. The number of rotatable bonds is 2. The van der Waals surface area contributed by atoms with Crippen LogP contribution in [0.3, 0.4) is 0 Å². The summed E-state index contributed by atoms with van der Waals surface area (Å²) in [5, 5.41) is 9.41. The normalized spacial score (nSPS) is 28.6. The molecule has 0 N–H and O–H groups in total. The average molecular weight is 277 g/mol. The fourth-order valence-corrected chi connectivity index (χ4v) is 3.13. The highest BCUT2D eigenvalue weighted by Gasteiger charge is 2.56. The highest BCUT2D eigenvalue weighted by atomic mass is 16.5. The Bertz CT molecular complexity index is 556. The summed E-state index contributed by atoms with van der Waals surface area (Å²) in [6.07, 6.45) is 1.14. The summed E-state index contributed by atoms with van der Waals surface area (Å²) >= 11 is 0. The van der Waals surface area contributed by atoms with Crippen molar-refractivity contribution < 1.29 is 23.9 Å². The fraction of sp³-hybridized carbons (Fsp3) is 0.571. The molecule has 0 spiro atoms. The molecule has 2 rings (SSSR count). The number of hydrogen-bond donors (Lipinski definition) is 0. The van der Waals surface area contributed by atoms with Gasteiger partial charge in [-0.05, 0) is 12.8 Å². The second kappa shape index (κ2) is 5.08. The Morgan fingerprint density at radius 1 is 1.40 bits per heavy atom. The van der Waals surface area contributed by atoms with Gasteiger partial charge in [0.1, 0.15) is 11.2 Å². The third kappa shape index (κ3) is 1.99. The first-order valence-electron chi connectivity index (χ1n) is 6.40. The lowest BCUT2D eigenvalue weighted by Gasteiger charge is -2.33. The Morgan fingerprint density at radius 2 is 2.10 bits per heavy atom. The minimum Gasteiger partial charge on any atom is -0.466 e. The molecule has 1 fully saturated rings. The van der Waals surface area contributed by atoms with Crippen molar-refractivity contribution in [3.63, 3.8) is 0 Å². The second-order valence-electron chi connectivity index (χ2n) is 5.02. The van der Waals surface area contributed by atoms with Gasteiger partial charge in [-0.2, -0.15) is 5.26 Å². The van der Waals surface area contributed by atoms with Gasteiger partial charge < -0.3 is 9.47 Å². The predicted octanol–water partition coefficient (Wildman–Crippen LogP) is 1.26. The maximum absolute atomic E-state index is 12.0. The number of ether oxygens (including phenoxy) is 2. The molecule has 0 aliphatic heterocycles. The molecule has 0 unspecified atom stereocenters. The number of hydrogen-bond acceptors (Lipinski definition) is 6. The summed E-state index contributed by atoms with van der Waals surface area (Å²) in [7, 11) is 1.22. The minimum atomic E-state index is -1.17. The van der Waals surface area contributed by atoms with Crippen molar-refractivity contribution in [3.8, 4) is 6.07 Å². The number of allylic oxidation sites excluding steroid dienone is 1. The third-order valence-electron chi connectivity index (χ3n) is 4.02. The van der Waals surface area contributed by atoms with Gasteiger partial charge in [-0.3, -0.25) is 9.59 Å². The van der Waals surface area contributed by atoms with Crippen molar-refractivity contribution >= 4 is 17.7 Å². The van der Waals surface area contributed by atoms with E-state index in [0.717, 1.165) is 0 Å². The van der Waals surface area contributed by atoms with Crippen LogP contribution in [0.1, 0.15) is 32.6 Å². The van der Waals surface area contributed by atoms with E-state index in [0.29, 0.717) is 6.42 Å². The monoisotopic (exact) mass is 277 g/mol. The van der Waals surface area contributed by atoms with Crippen LogP contribution >= 0.6 is 0 Å². The van der Waals surface area contributed by atoms with Gasteiger partial charge in [-0.15, -0.1) is 0 Å². The third-order valence-corrected chi connectivity index (χ3v) is 4.02. The molecule has 0 amide bonds. The lowest BCUT2D eigenvalue weighted by atomic mass is 9.67. The molecule has 0 bridgehead atoms. The highest BCUT2D eigenvalue weighted by Crippen LogP contribution is 2.52. The maximum atomic E-state index is 12.0. The van der Waals surface area contributed by atoms with Crippen LogP contribution in [0.4, 0.5) is 0 Å². The molecular formula is C14H15NO5. The Labute approximate surface area is 116 Å². The number of carbonyl (C=O) groups excluding carboxylic acids is 3. The summed E-state index contributed by atoms with van der Waals surface area (Å²) in [4.78, 5) is 35.1. The molecule has 0 saturated heterocycles. The Morgan fingerprint density at radius 3 is 2.65 bits per heavy atom. The number of ketones is 1. The van der Waals surface area contributed by atoms with E-state index in [-0.39, 0.29) is 36.4 Å². The zero-order valence-electron chi connectivity index (χ0n) is 11.4. The summed E-state index contributed by atoms with van der Waals surface area (Å²) < 4.78 is 9.80. The molecule has 6 heteroatoms. The van der Waals surface area contributed by atoms with Crippen molar-refractivity contribution in [3.05, 3.63) is 11.3 Å². The van der Waals surface area contributed by atoms with E-state index in [1.54, 1.807) is 0 Å². The van der Waals surface area contributed by atoms with Crippen LogP contribution in [-0.2, 0) is 23.9 Å². The van der Waals surface area contributed by atoms with Crippen LogP contribution in [0.15, 0.2) is 11.3 Å². The van der Waals surface area contributed by atoms with Crippen LogP contribution in [0.25, 0.3) is 0 Å². The van der Waals surface area contributed by atoms with Gasteiger partial charge in [0.05, 0.1) is 18.8 Å². The molecule has 0 radical (unpaired) electrons. The molecule has 6 nitrogen and oxygen atoms in total. The Hall–Kier alpha value is -2.16. The van der Waals surface area contributed by atoms with Crippen molar-refractivity contribution in [1.82, 2.24) is 0 Å². The van der Waals surface area contributed by atoms with Crippen LogP contribution in [0, 0.1) is 22.7 Å². The minimum absolute atomic E-state index is 0.145. The number of esters is 2. The van der Waals surface area contributed by atoms with E-state index in [1.807, 2.05) is 0 Å². The molecule has 0 aromatic heterocycles. The summed E-state index contributed by atoms with van der Waals surface area (Å²) in [5.74, 6) is -1.63. The van der Waals surface area contributed by atoms with E-state index >= 15 is 0 Å². The lowest BCUT2D eigenvalue weighted by molar-refractivity contribution is -0.140. The summed E-state index contributed by atoms with van der Waals surface area (Å²) in [6.45, 7) is 1.24. The van der Waals surface area contributed by atoms with Gasteiger partial charge in [0.15, 0.2) is 5.78 Å². The molecule has 2 aliphatic rings. The van der Waals surface area contributed by atoms with Gasteiger partial charge in [0.25, 0.3) is 0 Å². The number of Topliss-reactive ketones (excluding diaryl/α,β-unsaturated/α-hetero) is 1. The summed E-state index contributed by atoms with van der Waals surface area (Å²) in [6, 6.07) is 2.08. The number of fused-ring (bicyclic) bond motifs is 1. The molecule has 0 heterocycles. The van der Waals surface area contributed by atoms with E-state index in [2.05, 4.69) is 6.07 Å². The van der Waals surface area contributed by atoms with Gasteiger partial charge >= 0.3 is 11.9 Å². The van der Waals surface area contributed by atoms with Crippen LogP contribution < -0.4 is 0 Å². The molecule has 2 aliphatic carbocycles. The van der Waals surface area contributed by atoms with E-state index in [9.17, 15) is 19.6 Å². The number of carbonyl (C=O) groups is 3. The standard InChI is InChI=1S/C14H15NO5/c1-8(16)20-10-5-6-14(7-15)9(3-4-11(14)17)12(10)13(18)19-2/h9H,3-6H2,1-2H3/t9-,14-/m1/s1. The SMILES string of the molecule is COC(=O)C1=C(OC(C)=O)CC[C@]2(C#N)C(=O)CC[C@H]12. The lowest BCUT2D eigenvalue weighted by Crippen LogP contribution is -2.38. The fourth-order valence-electron chi connectivity index (χ4n) is 3.13. The molecule has 0 aromatic carbocycles. The zero-order valence-corrected chi connectivity index (χ0v) is 11.4. The van der Waals surface area contributed by atoms with E-state index in [1.165, 1.54) is 14.0 Å². The van der Waals surface area contributed by atoms with Crippen LogP contribution in [0.5, 0.6) is 0 Å². The molecule has 20 heavy (non-hydrogen) atoms. The predicted molar refractivity (Wildman–Crippen MR) is 65.8 cm³/mol. The topological polar surface area (TPSA) is 93.5 Å². The van der Waals surface area contributed by atoms with Crippen molar-refractivity contribution in [2.45, 2.75) is 32.6 Å². The average Bonchev–Trinajstić information content (AvgIpc) is 2.75. The molecule has 0 aromatic rings. The molecular weight excluding hydrogens is 262 g/mol. The first kappa shape index (κ1) is 14.3. The Balaban J connectivity index is 2.52. The quantitative estimate of drug-likeness (QED) is 0.705. The van der Waals surface area contributed by atoms with Crippen LogP contribution in [-0.4, -0.2) is 24.8 Å². The zero-order chi connectivity index (χ0) is 14.9. The van der Waals surface area contributed by atoms with E-state index < -0.39 is 23.3 Å². The first-order valence-corrected chi connectivity index (χ1v) is 6.40. The first-order chi connectivity index (χ1) is 9.46. The molecule has 1 saturated carbocycles. The van der Waals surface area contributed by atoms with Crippen molar-refractivity contribution in [2.24, 2.45) is 11.3 Å². The van der Waals surface area contributed by atoms with Crippen molar-refractivity contribution in [1.29, 1.82) is 5.26 Å². The number of nitriles is 1. The van der Waals surface area contributed by atoms with Gasteiger partial charge in [-0.25, -0.2) is 4.79 Å².